The molecule has 0 fully saturated rings. The van der Waals surface area contributed by atoms with Gasteiger partial charge in [-0.1, -0.05) is 20.8 Å². The van der Waals surface area contributed by atoms with E-state index in [1.54, 1.807) is 0 Å². The van der Waals surface area contributed by atoms with Crippen molar-refractivity contribution in [2.75, 3.05) is 32.7 Å². The Hall–Kier alpha value is -0.610. The molecule has 0 aromatic rings. The molecule has 0 aromatic carbocycles. The van der Waals surface area contributed by atoms with E-state index < -0.39 is 5.60 Å². The lowest BCUT2D eigenvalue weighted by Crippen LogP contribution is -2.34. The minimum Gasteiger partial charge on any atom is -0.460 e. The Labute approximate surface area is 118 Å². The minimum atomic E-state index is -0.395. The average Bonchev–Trinajstić information content (AvgIpc) is 2.31. The highest BCUT2D eigenvalue weighted by molar-refractivity contribution is 5.72. The molecule has 0 aliphatic rings. The van der Waals surface area contributed by atoms with Gasteiger partial charge in [0.2, 0.25) is 0 Å². The summed E-state index contributed by atoms with van der Waals surface area (Å²) in [5, 5.41) is 3.33. The Morgan fingerprint density at radius 1 is 1.26 bits per heavy atom. The minimum absolute atomic E-state index is 0.0901. The molecular formula is C15H32N2O2. The van der Waals surface area contributed by atoms with Crippen molar-refractivity contribution in [3.05, 3.63) is 0 Å². The molecule has 0 spiro atoms. The van der Waals surface area contributed by atoms with E-state index in [-0.39, 0.29) is 11.9 Å². The molecule has 0 heterocycles. The molecule has 4 nitrogen and oxygen atoms in total. The van der Waals surface area contributed by atoms with E-state index in [0.29, 0.717) is 6.54 Å². The van der Waals surface area contributed by atoms with Gasteiger partial charge in [-0.25, -0.2) is 0 Å². The third-order valence-corrected chi connectivity index (χ3v) is 2.98. The second kappa shape index (κ2) is 9.32. The summed E-state index contributed by atoms with van der Waals surface area (Å²) < 4.78 is 5.34. The van der Waals surface area contributed by atoms with Crippen molar-refractivity contribution in [2.24, 2.45) is 5.92 Å². The van der Waals surface area contributed by atoms with Gasteiger partial charge >= 0.3 is 5.97 Å². The zero-order valence-electron chi connectivity index (χ0n) is 13.6. The van der Waals surface area contributed by atoms with Crippen LogP contribution < -0.4 is 5.32 Å². The maximum atomic E-state index is 11.8. The lowest BCUT2D eigenvalue weighted by atomic mass is 10.1. The summed E-state index contributed by atoms with van der Waals surface area (Å²) in [7, 11) is 0. The third-order valence-electron chi connectivity index (χ3n) is 2.98. The number of nitrogens with one attached hydrogen (secondary N) is 1. The van der Waals surface area contributed by atoms with E-state index in [0.717, 1.165) is 32.6 Å². The first-order valence-corrected chi connectivity index (χ1v) is 7.46. The van der Waals surface area contributed by atoms with Gasteiger partial charge in [-0.05, 0) is 53.4 Å². The zero-order chi connectivity index (χ0) is 14.9. The molecule has 0 bridgehead atoms. The quantitative estimate of drug-likeness (QED) is 0.516. The molecule has 0 aromatic heterocycles. The van der Waals surface area contributed by atoms with Gasteiger partial charge in [-0.2, -0.15) is 0 Å². The van der Waals surface area contributed by atoms with E-state index in [1.165, 1.54) is 0 Å². The lowest BCUT2D eigenvalue weighted by Gasteiger charge is -2.22. The summed E-state index contributed by atoms with van der Waals surface area (Å²) in [5.74, 6) is -0.212. The fraction of sp³-hybridized carbons (Fsp3) is 0.933. The van der Waals surface area contributed by atoms with Gasteiger partial charge in [0.05, 0.1) is 5.92 Å². The van der Waals surface area contributed by atoms with Gasteiger partial charge in [0.1, 0.15) is 5.60 Å². The van der Waals surface area contributed by atoms with Crippen LogP contribution in [0.4, 0.5) is 0 Å². The van der Waals surface area contributed by atoms with Crippen molar-refractivity contribution in [1.29, 1.82) is 0 Å². The molecule has 1 atom stereocenters. The summed E-state index contributed by atoms with van der Waals surface area (Å²) in [5.41, 5.74) is -0.395. The van der Waals surface area contributed by atoms with Gasteiger partial charge in [0.15, 0.2) is 0 Å². The molecule has 114 valence electrons. The van der Waals surface area contributed by atoms with Crippen LogP contribution in [0.25, 0.3) is 0 Å². The number of ether oxygens (including phenoxy) is 1. The molecule has 0 unspecified atom stereocenters. The predicted octanol–water partition coefficient (Wildman–Crippen LogP) is 2.29. The lowest BCUT2D eigenvalue weighted by molar-refractivity contribution is -0.159. The molecule has 0 amide bonds. The maximum Gasteiger partial charge on any atom is 0.310 e. The first-order valence-electron chi connectivity index (χ1n) is 7.46. The first kappa shape index (κ1) is 18.4. The molecule has 0 saturated carbocycles. The second-order valence-electron chi connectivity index (χ2n) is 6.02. The smallest absolute Gasteiger partial charge is 0.310 e. The van der Waals surface area contributed by atoms with E-state index >= 15 is 0 Å². The third kappa shape index (κ3) is 9.91. The van der Waals surface area contributed by atoms with Crippen molar-refractivity contribution in [1.82, 2.24) is 10.2 Å². The molecule has 4 heteroatoms. The molecule has 0 rings (SSSR count). The topological polar surface area (TPSA) is 41.6 Å². The van der Waals surface area contributed by atoms with Gasteiger partial charge in [-0.3, -0.25) is 4.79 Å². The molecule has 0 aliphatic carbocycles. The van der Waals surface area contributed by atoms with Crippen LogP contribution in [-0.2, 0) is 9.53 Å². The van der Waals surface area contributed by atoms with Crippen molar-refractivity contribution in [2.45, 2.75) is 53.6 Å². The Morgan fingerprint density at radius 3 is 2.32 bits per heavy atom. The highest BCUT2D eigenvalue weighted by Gasteiger charge is 2.21. The highest BCUT2D eigenvalue weighted by Crippen LogP contribution is 2.10. The van der Waals surface area contributed by atoms with Gasteiger partial charge in [0, 0.05) is 6.54 Å². The summed E-state index contributed by atoms with van der Waals surface area (Å²) >= 11 is 0. The first-order chi connectivity index (χ1) is 8.80. The van der Waals surface area contributed by atoms with E-state index in [4.69, 9.17) is 4.74 Å². The van der Waals surface area contributed by atoms with Crippen LogP contribution in [0.15, 0.2) is 0 Å². The van der Waals surface area contributed by atoms with E-state index in [2.05, 4.69) is 24.1 Å². The normalized spacial score (nSPS) is 13.6. The van der Waals surface area contributed by atoms with Crippen LogP contribution in [0.1, 0.15) is 48.0 Å². The van der Waals surface area contributed by atoms with Crippen LogP contribution in [0, 0.1) is 5.92 Å². The Kier molecular flexibility index (Phi) is 9.02. The number of hydrogen-bond donors (Lipinski definition) is 1. The SMILES string of the molecule is CCN(CC)CCCNC[C@@H](C)C(=O)OC(C)(C)C. The number of nitrogens with zero attached hydrogens (tertiary/aromatic N) is 1. The van der Waals surface area contributed by atoms with Crippen LogP contribution in [0.2, 0.25) is 0 Å². The maximum absolute atomic E-state index is 11.8. The monoisotopic (exact) mass is 272 g/mol. The number of esters is 1. The van der Waals surface area contributed by atoms with Crippen LogP contribution in [0.5, 0.6) is 0 Å². The number of carbonyl (C=O) groups is 1. The largest absolute Gasteiger partial charge is 0.460 e. The predicted molar refractivity (Wildman–Crippen MR) is 80.3 cm³/mol. The van der Waals surface area contributed by atoms with Gasteiger partial charge in [-0.15, -0.1) is 0 Å². The summed E-state index contributed by atoms with van der Waals surface area (Å²) in [6.07, 6.45) is 1.11. The van der Waals surface area contributed by atoms with Crippen molar-refractivity contribution in [3.8, 4) is 0 Å². The van der Waals surface area contributed by atoms with E-state index in [1.807, 2.05) is 27.7 Å². The number of rotatable bonds is 9. The molecule has 0 saturated heterocycles. The van der Waals surface area contributed by atoms with Crippen LogP contribution in [-0.4, -0.2) is 49.2 Å². The van der Waals surface area contributed by atoms with E-state index in [9.17, 15) is 4.79 Å². The Morgan fingerprint density at radius 2 is 1.84 bits per heavy atom. The molecular weight excluding hydrogens is 240 g/mol. The molecule has 0 aliphatic heterocycles. The van der Waals surface area contributed by atoms with Crippen LogP contribution in [0.3, 0.4) is 0 Å². The van der Waals surface area contributed by atoms with Gasteiger partial charge < -0.3 is 15.0 Å². The Bertz CT molecular complexity index is 245. The second-order valence-corrected chi connectivity index (χ2v) is 6.02. The zero-order valence-corrected chi connectivity index (χ0v) is 13.6. The average molecular weight is 272 g/mol. The molecule has 0 radical (unpaired) electrons. The molecule has 1 N–H and O–H groups in total. The Balaban J connectivity index is 3.69. The van der Waals surface area contributed by atoms with Crippen molar-refractivity contribution in [3.63, 3.8) is 0 Å². The fourth-order valence-electron chi connectivity index (χ4n) is 1.77. The summed E-state index contributed by atoms with van der Waals surface area (Å²) in [6.45, 7) is 16.9. The van der Waals surface area contributed by atoms with Crippen molar-refractivity contribution < 1.29 is 9.53 Å². The molecule has 19 heavy (non-hydrogen) atoms. The van der Waals surface area contributed by atoms with Crippen LogP contribution >= 0.6 is 0 Å². The standard InChI is InChI=1S/C15H32N2O2/c1-7-17(8-2)11-9-10-16-12-13(3)14(18)19-15(4,5)6/h13,16H,7-12H2,1-6H3/t13-/m1/s1. The number of hydrogen-bond acceptors (Lipinski definition) is 4. The highest BCUT2D eigenvalue weighted by atomic mass is 16.6. The summed E-state index contributed by atoms with van der Waals surface area (Å²) in [4.78, 5) is 14.2. The number of carbonyl (C=O) groups excluding carboxylic acids is 1. The van der Waals surface area contributed by atoms with Gasteiger partial charge in [0.25, 0.3) is 0 Å². The fourth-order valence-corrected chi connectivity index (χ4v) is 1.77. The summed E-state index contributed by atoms with van der Waals surface area (Å²) in [6, 6.07) is 0. The van der Waals surface area contributed by atoms with Crippen molar-refractivity contribution >= 4 is 5.97 Å².